The minimum absolute atomic E-state index is 0.0904. The van der Waals surface area contributed by atoms with Crippen molar-refractivity contribution < 1.29 is 15.0 Å². The van der Waals surface area contributed by atoms with Gasteiger partial charge in [-0.25, -0.2) is 0 Å². The first kappa shape index (κ1) is 12.1. The zero-order valence-electron chi connectivity index (χ0n) is 11.4. The van der Waals surface area contributed by atoms with Crippen LogP contribution in [0.2, 0.25) is 0 Å². The molecule has 0 aromatic heterocycles. The summed E-state index contributed by atoms with van der Waals surface area (Å²) in [7, 11) is 0. The maximum atomic E-state index is 12.5. The number of fused-ring (bicyclic) bond motifs is 1. The van der Waals surface area contributed by atoms with Crippen LogP contribution in [0.4, 0.5) is 0 Å². The summed E-state index contributed by atoms with van der Waals surface area (Å²) in [4.78, 5) is 12.5. The molecule has 3 nitrogen and oxygen atoms in total. The van der Waals surface area contributed by atoms with Crippen LogP contribution in [0.25, 0.3) is 0 Å². The third-order valence-electron chi connectivity index (χ3n) is 5.06. The average Bonchev–Trinajstić information content (AvgIpc) is 3.01. The fraction of sp³-hybridized carbons (Fsp3) is 0.667. The van der Waals surface area contributed by atoms with E-state index in [0.29, 0.717) is 5.57 Å². The van der Waals surface area contributed by atoms with Crippen LogP contribution in [-0.2, 0) is 4.79 Å². The van der Waals surface area contributed by atoms with Gasteiger partial charge < -0.3 is 10.2 Å². The van der Waals surface area contributed by atoms with E-state index in [9.17, 15) is 15.0 Å². The molecule has 2 N–H and O–H groups in total. The molecule has 0 radical (unpaired) electrons. The number of aliphatic hydroxyl groups excluding tert-OH is 1. The third-order valence-corrected chi connectivity index (χ3v) is 5.06. The Labute approximate surface area is 107 Å². The van der Waals surface area contributed by atoms with Gasteiger partial charge in [0.1, 0.15) is 5.60 Å². The molecule has 1 fully saturated rings. The third kappa shape index (κ3) is 1.14. The van der Waals surface area contributed by atoms with Crippen molar-refractivity contribution in [3.8, 4) is 0 Å². The molecule has 2 atom stereocenters. The number of carbonyl (C=O) groups is 1. The number of carbonyl (C=O) groups excluding carboxylic acids is 1. The summed E-state index contributed by atoms with van der Waals surface area (Å²) in [6.07, 6.45) is 2.85. The molecule has 0 amide bonds. The van der Waals surface area contributed by atoms with E-state index in [1.807, 2.05) is 26.8 Å². The molecule has 0 aliphatic heterocycles. The van der Waals surface area contributed by atoms with E-state index < -0.39 is 22.5 Å². The van der Waals surface area contributed by atoms with E-state index in [4.69, 9.17) is 0 Å². The number of ketones is 1. The quantitative estimate of drug-likeness (QED) is 0.686. The van der Waals surface area contributed by atoms with Crippen LogP contribution in [0.15, 0.2) is 22.8 Å². The molecule has 3 aliphatic rings. The number of hydrogen-bond acceptors (Lipinski definition) is 3. The predicted octanol–water partition coefficient (Wildman–Crippen LogP) is 1.74. The largest absolute Gasteiger partial charge is 0.388 e. The first-order valence-electron chi connectivity index (χ1n) is 6.55. The standard InChI is InChI=1S/C15H20O3/c1-8-10-9(7-13(2,3)11(10)16)14(4,18)12(17)15(8)5-6-15/h7,11,16,18H,5-6H2,1-4H3/t11-,14+/m1/s1. The summed E-state index contributed by atoms with van der Waals surface area (Å²) >= 11 is 0. The lowest BCUT2D eigenvalue weighted by Crippen LogP contribution is -2.47. The highest BCUT2D eigenvalue weighted by Gasteiger charge is 2.64. The van der Waals surface area contributed by atoms with Crippen molar-refractivity contribution in [2.24, 2.45) is 10.8 Å². The molecular formula is C15H20O3. The van der Waals surface area contributed by atoms with Crippen LogP contribution in [0.3, 0.4) is 0 Å². The normalized spacial score (nSPS) is 40.0. The van der Waals surface area contributed by atoms with Crippen molar-refractivity contribution in [1.29, 1.82) is 0 Å². The Bertz CT molecular complexity index is 516. The van der Waals surface area contributed by atoms with E-state index in [-0.39, 0.29) is 5.78 Å². The summed E-state index contributed by atoms with van der Waals surface area (Å²) in [5.74, 6) is -0.0904. The van der Waals surface area contributed by atoms with Crippen LogP contribution in [0.1, 0.15) is 40.5 Å². The molecule has 3 rings (SSSR count). The Morgan fingerprint density at radius 3 is 2.33 bits per heavy atom. The predicted molar refractivity (Wildman–Crippen MR) is 67.9 cm³/mol. The molecule has 18 heavy (non-hydrogen) atoms. The van der Waals surface area contributed by atoms with E-state index in [2.05, 4.69) is 0 Å². The first-order chi connectivity index (χ1) is 8.14. The van der Waals surface area contributed by atoms with Gasteiger partial charge in [0.05, 0.1) is 11.5 Å². The van der Waals surface area contributed by atoms with Crippen molar-refractivity contribution in [3.05, 3.63) is 22.8 Å². The average molecular weight is 248 g/mol. The minimum Gasteiger partial charge on any atom is -0.388 e. The summed E-state index contributed by atoms with van der Waals surface area (Å²) in [6.45, 7) is 7.38. The zero-order chi connectivity index (χ0) is 13.5. The lowest BCUT2D eigenvalue weighted by molar-refractivity contribution is -0.137. The summed E-state index contributed by atoms with van der Waals surface area (Å²) in [5, 5.41) is 21.1. The number of hydrogen-bond donors (Lipinski definition) is 2. The van der Waals surface area contributed by atoms with Crippen LogP contribution in [0.5, 0.6) is 0 Å². The molecule has 0 aromatic rings. The maximum Gasteiger partial charge on any atom is 0.178 e. The Hall–Kier alpha value is -0.930. The first-order valence-corrected chi connectivity index (χ1v) is 6.55. The van der Waals surface area contributed by atoms with E-state index in [1.165, 1.54) is 0 Å². The SMILES string of the molecule is CC1=C2C(=CC(C)(C)[C@@H]2O)[C@](C)(O)C(=O)C12CC2. The van der Waals surface area contributed by atoms with Gasteiger partial charge in [-0.1, -0.05) is 25.5 Å². The zero-order valence-corrected chi connectivity index (χ0v) is 11.4. The van der Waals surface area contributed by atoms with Crippen LogP contribution >= 0.6 is 0 Å². The molecule has 0 bridgehead atoms. The fourth-order valence-corrected chi connectivity index (χ4v) is 3.60. The molecule has 3 heteroatoms. The Morgan fingerprint density at radius 2 is 1.83 bits per heavy atom. The summed E-state index contributed by atoms with van der Waals surface area (Å²) in [6, 6.07) is 0. The second-order valence-corrected chi connectivity index (χ2v) is 6.80. The van der Waals surface area contributed by atoms with Gasteiger partial charge >= 0.3 is 0 Å². The summed E-state index contributed by atoms with van der Waals surface area (Å²) in [5.41, 5.74) is 0.0550. The highest BCUT2D eigenvalue weighted by molar-refractivity contribution is 6.03. The van der Waals surface area contributed by atoms with Gasteiger partial charge in [0.25, 0.3) is 0 Å². The summed E-state index contributed by atoms with van der Waals surface area (Å²) < 4.78 is 0. The molecule has 0 unspecified atom stereocenters. The fourth-order valence-electron chi connectivity index (χ4n) is 3.60. The monoisotopic (exact) mass is 248 g/mol. The number of aliphatic hydroxyl groups is 2. The molecular weight excluding hydrogens is 228 g/mol. The second-order valence-electron chi connectivity index (χ2n) is 6.80. The van der Waals surface area contributed by atoms with Crippen LogP contribution in [-0.4, -0.2) is 27.7 Å². The van der Waals surface area contributed by atoms with Crippen molar-refractivity contribution in [3.63, 3.8) is 0 Å². The van der Waals surface area contributed by atoms with Gasteiger partial charge in [-0.2, -0.15) is 0 Å². The van der Waals surface area contributed by atoms with Gasteiger partial charge in [-0.15, -0.1) is 0 Å². The van der Waals surface area contributed by atoms with Crippen LogP contribution < -0.4 is 0 Å². The van der Waals surface area contributed by atoms with E-state index in [0.717, 1.165) is 24.0 Å². The van der Waals surface area contributed by atoms with Crippen LogP contribution in [0, 0.1) is 10.8 Å². The Balaban J connectivity index is 2.29. The van der Waals surface area contributed by atoms with Gasteiger partial charge in [0, 0.05) is 5.41 Å². The molecule has 3 aliphatic carbocycles. The van der Waals surface area contributed by atoms with Gasteiger partial charge in [-0.05, 0) is 37.8 Å². The van der Waals surface area contributed by atoms with Gasteiger partial charge in [-0.3, -0.25) is 4.79 Å². The molecule has 0 heterocycles. The maximum absolute atomic E-state index is 12.5. The topological polar surface area (TPSA) is 57.5 Å². The molecule has 1 saturated carbocycles. The Morgan fingerprint density at radius 1 is 1.28 bits per heavy atom. The van der Waals surface area contributed by atoms with Gasteiger partial charge in [0.15, 0.2) is 5.78 Å². The highest BCUT2D eigenvalue weighted by atomic mass is 16.3. The highest BCUT2D eigenvalue weighted by Crippen LogP contribution is 2.62. The smallest absolute Gasteiger partial charge is 0.178 e. The molecule has 0 saturated heterocycles. The van der Waals surface area contributed by atoms with E-state index in [1.54, 1.807) is 6.92 Å². The second kappa shape index (κ2) is 2.97. The number of allylic oxidation sites excluding steroid dienone is 1. The number of rotatable bonds is 0. The molecule has 0 aromatic carbocycles. The minimum atomic E-state index is -1.44. The van der Waals surface area contributed by atoms with Crippen molar-refractivity contribution in [2.45, 2.75) is 52.2 Å². The van der Waals surface area contributed by atoms with Gasteiger partial charge in [0.2, 0.25) is 0 Å². The van der Waals surface area contributed by atoms with Crippen molar-refractivity contribution in [1.82, 2.24) is 0 Å². The lowest BCUT2D eigenvalue weighted by Gasteiger charge is -2.37. The number of Topliss-reactive ketones (excluding diaryl/α,β-unsaturated/α-hetero) is 1. The van der Waals surface area contributed by atoms with Crippen molar-refractivity contribution >= 4 is 5.78 Å². The van der Waals surface area contributed by atoms with E-state index >= 15 is 0 Å². The molecule has 1 spiro atoms. The lowest BCUT2D eigenvalue weighted by atomic mass is 9.69. The Kier molecular flexibility index (Phi) is 2.00. The van der Waals surface area contributed by atoms with Crippen molar-refractivity contribution in [2.75, 3.05) is 0 Å². The molecule has 98 valence electrons.